The summed E-state index contributed by atoms with van der Waals surface area (Å²) in [5.74, 6) is 0.671. The molecule has 0 heterocycles. The number of nitro benzene ring substituents is 1. The Morgan fingerprint density at radius 3 is 2.68 bits per heavy atom. The number of hydrogen-bond donors (Lipinski definition) is 1. The summed E-state index contributed by atoms with van der Waals surface area (Å²) in [5, 5.41) is 20.9. The largest absolute Gasteiger partial charge is 0.484 e. The van der Waals surface area contributed by atoms with Crippen molar-refractivity contribution in [2.45, 2.75) is 45.3 Å². The fourth-order valence-corrected chi connectivity index (χ4v) is 2.07. The fourth-order valence-electron chi connectivity index (χ4n) is 2.07. The number of aliphatic hydroxyl groups excluding tert-OH is 1. The van der Waals surface area contributed by atoms with Crippen LogP contribution in [0.4, 0.5) is 5.69 Å². The van der Waals surface area contributed by atoms with E-state index in [0.29, 0.717) is 12.3 Å². The van der Waals surface area contributed by atoms with Gasteiger partial charge in [0.2, 0.25) is 0 Å². The van der Waals surface area contributed by atoms with E-state index in [4.69, 9.17) is 4.74 Å². The van der Waals surface area contributed by atoms with E-state index < -0.39 is 4.92 Å². The Kier molecular flexibility index (Phi) is 4.04. The van der Waals surface area contributed by atoms with Gasteiger partial charge < -0.3 is 9.84 Å². The standard InChI is InChI=1S/C14H19NO4/c1-9(2)19-14-8-10(3-6-12(14)15(17)18)7-13(16)11-4-5-11/h3,6,8-9,11,13,16H,4-5,7H2,1-2H3. The molecule has 0 aliphatic heterocycles. The van der Waals surface area contributed by atoms with Crippen molar-refractivity contribution in [2.24, 2.45) is 5.92 Å². The summed E-state index contributed by atoms with van der Waals surface area (Å²) in [5.41, 5.74) is 0.846. The van der Waals surface area contributed by atoms with Gasteiger partial charge in [0.05, 0.1) is 17.1 Å². The minimum Gasteiger partial charge on any atom is -0.484 e. The molecule has 2 rings (SSSR count). The Morgan fingerprint density at radius 1 is 1.47 bits per heavy atom. The summed E-state index contributed by atoms with van der Waals surface area (Å²) in [4.78, 5) is 10.5. The van der Waals surface area contributed by atoms with Crippen molar-refractivity contribution < 1.29 is 14.8 Å². The zero-order valence-electron chi connectivity index (χ0n) is 11.2. The van der Waals surface area contributed by atoms with Crippen LogP contribution in [0.5, 0.6) is 5.75 Å². The van der Waals surface area contributed by atoms with Crippen LogP contribution >= 0.6 is 0 Å². The van der Waals surface area contributed by atoms with Gasteiger partial charge >= 0.3 is 5.69 Å². The van der Waals surface area contributed by atoms with Gasteiger partial charge in [-0.15, -0.1) is 0 Å². The average Bonchev–Trinajstić information content (AvgIpc) is 3.11. The molecule has 19 heavy (non-hydrogen) atoms. The fraction of sp³-hybridized carbons (Fsp3) is 0.571. The lowest BCUT2D eigenvalue weighted by Gasteiger charge is -2.13. The second kappa shape index (κ2) is 5.57. The Morgan fingerprint density at radius 2 is 2.16 bits per heavy atom. The molecule has 0 aromatic heterocycles. The minimum atomic E-state index is -0.446. The molecule has 0 radical (unpaired) electrons. The molecule has 1 N–H and O–H groups in total. The number of hydrogen-bond acceptors (Lipinski definition) is 4. The van der Waals surface area contributed by atoms with E-state index in [1.807, 2.05) is 13.8 Å². The molecule has 1 aliphatic carbocycles. The molecule has 0 bridgehead atoms. The van der Waals surface area contributed by atoms with E-state index in [9.17, 15) is 15.2 Å². The quantitative estimate of drug-likeness (QED) is 0.634. The first kappa shape index (κ1) is 13.8. The van der Waals surface area contributed by atoms with Crippen LogP contribution in [-0.4, -0.2) is 22.2 Å². The van der Waals surface area contributed by atoms with Crippen molar-refractivity contribution in [3.63, 3.8) is 0 Å². The Hall–Kier alpha value is -1.62. The van der Waals surface area contributed by atoms with E-state index >= 15 is 0 Å². The Labute approximate surface area is 112 Å². The lowest BCUT2D eigenvalue weighted by molar-refractivity contribution is -0.386. The van der Waals surface area contributed by atoms with Gasteiger partial charge in [-0.1, -0.05) is 6.07 Å². The maximum Gasteiger partial charge on any atom is 0.310 e. The molecule has 1 aromatic carbocycles. The van der Waals surface area contributed by atoms with E-state index in [1.54, 1.807) is 12.1 Å². The van der Waals surface area contributed by atoms with Gasteiger partial charge in [-0.05, 0) is 50.7 Å². The summed E-state index contributed by atoms with van der Waals surface area (Å²) in [6, 6.07) is 4.81. The predicted molar refractivity (Wildman–Crippen MR) is 71.3 cm³/mol. The maximum absolute atomic E-state index is 10.9. The molecule has 0 amide bonds. The van der Waals surface area contributed by atoms with Crippen molar-refractivity contribution >= 4 is 5.69 Å². The highest BCUT2D eigenvalue weighted by atomic mass is 16.6. The van der Waals surface area contributed by atoms with E-state index in [1.165, 1.54) is 6.07 Å². The monoisotopic (exact) mass is 265 g/mol. The van der Waals surface area contributed by atoms with Crippen LogP contribution in [0.3, 0.4) is 0 Å². The van der Waals surface area contributed by atoms with Gasteiger partial charge in [0.15, 0.2) is 5.75 Å². The van der Waals surface area contributed by atoms with Crippen molar-refractivity contribution in [3.8, 4) is 5.75 Å². The summed E-state index contributed by atoms with van der Waals surface area (Å²) < 4.78 is 5.48. The van der Waals surface area contributed by atoms with Crippen LogP contribution in [0.15, 0.2) is 18.2 Å². The first-order valence-electron chi connectivity index (χ1n) is 6.59. The highest BCUT2D eigenvalue weighted by Crippen LogP contribution is 2.35. The van der Waals surface area contributed by atoms with Crippen LogP contribution in [-0.2, 0) is 6.42 Å². The number of nitro groups is 1. The third-order valence-corrected chi connectivity index (χ3v) is 3.19. The van der Waals surface area contributed by atoms with E-state index in [0.717, 1.165) is 18.4 Å². The van der Waals surface area contributed by atoms with Crippen LogP contribution in [0.25, 0.3) is 0 Å². The predicted octanol–water partition coefficient (Wildman–Crippen LogP) is 2.70. The molecule has 1 aliphatic rings. The molecule has 1 unspecified atom stereocenters. The highest BCUT2D eigenvalue weighted by Gasteiger charge is 2.30. The van der Waals surface area contributed by atoms with Gasteiger partial charge in [0.1, 0.15) is 0 Å². The number of aliphatic hydroxyl groups is 1. The van der Waals surface area contributed by atoms with Gasteiger partial charge in [0, 0.05) is 6.07 Å². The summed E-state index contributed by atoms with van der Waals surface area (Å²) in [7, 11) is 0. The Balaban J connectivity index is 2.18. The number of benzene rings is 1. The van der Waals surface area contributed by atoms with Gasteiger partial charge in [-0.25, -0.2) is 0 Å². The molecule has 5 heteroatoms. The SMILES string of the molecule is CC(C)Oc1cc(CC(O)C2CC2)ccc1[N+](=O)[O-]. The second-order valence-electron chi connectivity index (χ2n) is 5.33. The van der Waals surface area contributed by atoms with Crippen LogP contribution < -0.4 is 4.74 Å². The first-order chi connectivity index (χ1) is 8.97. The van der Waals surface area contributed by atoms with Crippen LogP contribution in [0, 0.1) is 16.0 Å². The highest BCUT2D eigenvalue weighted by molar-refractivity contribution is 5.48. The topological polar surface area (TPSA) is 72.6 Å². The molecule has 1 atom stereocenters. The average molecular weight is 265 g/mol. The number of nitrogens with zero attached hydrogens (tertiary/aromatic N) is 1. The lowest BCUT2D eigenvalue weighted by atomic mass is 10.0. The summed E-state index contributed by atoms with van der Waals surface area (Å²) in [6.45, 7) is 3.66. The zero-order valence-corrected chi connectivity index (χ0v) is 11.2. The van der Waals surface area contributed by atoms with Crippen molar-refractivity contribution in [3.05, 3.63) is 33.9 Å². The Bertz CT molecular complexity index is 469. The third kappa shape index (κ3) is 3.67. The van der Waals surface area contributed by atoms with Gasteiger partial charge in [-0.3, -0.25) is 10.1 Å². The second-order valence-corrected chi connectivity index (χ2v) is 5.33. The lowest BCUT2D eigenvalue weighted by Crippen LogP contribution is -2.13. The summed E-state index contributed by atoms with van der Waals surface area (Å²) >= 11 is 0. The van der Waals surface area contributed by atoms with Crippen LogP contribution in [0.1, 0.15) is 32.3 Å². The van der Waals surface area contributed by atoms with Crippen molar-refractivity contribution in [2.75, 3.05) is 0 Å². The molecule has 104 valence electrons. The van der Waals surface area contributed by atoms with Gasteiger partial charge in [0.25, 0.3) is 0 Å². The van der Waals surface area contributed by atoms with E-state index in [-0.39, 0.29) is 23.6 Å². The molecule has 1 fully saturated rings. The van der Waals surface area contributed by atoms with Crippen molar-refractivity contribution in [1.82, 2.24) is 0 Å². The third-order valence-electron chi connectivity index (χ3n) is 3.19. The molecule has 0 spiro atoms. The minimum absolute atomic E-state index is 0.0293. The smallest absolute Gasteiger partial charge is 0.310 e. The summed E-state index contributed by atoms with van der Waals surface area (Å²) in [6.07, 6.45) is 2.19. The maximum atomic E-state index is 10.9. The number of ether oxygens (including phenoxy) is 1. The zero-order chi connectivity index (χ0) is 14.0. The molecule has 1 aromatic rings. The number of rotatable bonds is 6. The van der Waals surface area contributed by atoms with Crippen molar-refractivity contribution in [1.29, 1.82) is 0 Å². The van der Waals surface area contributed by atoms with Gasteiger partial charge in [-0.2, -0.15) is 0 Å². The molecule has 1 saturated carbocycles. The normalized spacial score (nSPS) is 16.4. The van der Waals surface area contributed by atoms with E-state index in [2.05, 4.69) is 0 Å². The molecule has 0 saturated heterocycles. The molecule has 5 nitrogen and oxygen atoms in total. The van der Waals surface area contributed by atoms with Crippen LogP contribution in [0.2, 0.25) is 0 Å². The molecular weight excluding hydrogens is 246 g/mol. The first-order valence-corrected chi connectivity index (χ1v) is 6.59. The molecular formula is C14H19NO4.